The van der Waals surface area contributed by atoms with Gasteiger partial charge in [-0.15, -0.1) is 6.58 Å². The molecule has 1 atom stereocenters. The van der Waals surface area contributed by atoms with Crippen LogP contribution in [0.25, 0.3) is 0 Å². The van der Waals surface area contributed by atoms with Gasteiger partial charge in [0.25, 0.3) is 0 Å². The van der Waals surface area contributed by atoms with Gasteiger partial charge in [0.15, 0.2) is 0 Å². The van der Waals surface area contributed by atoms with Crippen molar-refractivity contribution in [2.75, 3.05) is 18.6 Å². The Morgan fingerprint density at radius 3 is 2.84 bits per heavy atom. The van der Waals surface area contributed by atoms with Gasteiger partial charge in [0, 0.05) is 23.4 Å². The van der Waals surface area contributed by atoms with Crippen molar-refractivity contribution in [2.45, 2.75) is 6.42 Å². The maximum absolute atomic E-state index is 11.9. The van der Waals surface area contributed by atoms with Crippen LogP contribution in [0, 0.1) is 5.92 Å². The van der Waals surface area contributed by atoms with E-state index in [1.54, 1.807) is 29.2 Å². The van der Waals surface area contributed by atoms with E-state index in [1.807, 2.05) is 0 Å². The van der Waals surface area contributed by atoms with E-state index >= 15 is 0 Å². The molecule has 1 unspecified atom stereocenters. The molecule has 0 aromatic heterocycles. The number of benzene rings is 1. The number of esters is 1. The molecular weight excluding hydrogens is 310 g/mol. The summed E-state index contributed by atoms with van der Waals surface area (Å²) in [7, 11) is 1.34. The SMILES string of the molecule is C=CC1CC(=O)N(c2ccc(C(=O)OC)cc2Br)C1. The lowest BCUT2D eigenvalue weighted by Crippen LogP contribution is -2.24. The Balaban J connectivity index is 2.29. The highest BCUT2D eigenvalue weighted by Crippen LogP contribution is 2.32. The Bertz CT molecular complexity index is 541. The van der Waals surface area contributed by atoms with Gasteiger partial charge in [0.05, 0.1) is 18.4 Å². The summed E-state index contributed by atoms with van der Waals surface area (Å²) in [5.41, 5.74) is 1.21. The predicted molar refractivity (Wildman–Crippen MR) is 76.1 cm³/mol. The number of ether oxygens (including phenoxy) is 1. The lowest BCUT2D eigenvalue weighted by molar-refractivity contribution is -0.117. The first-order valence-electron chi connectivity index (χ1n) is 5.87. The van der Waals surface area contributed by atoms with Crippen molar-refractivity contribution < 1.29 is 14.3 Å². The van der Waals surface area contributed by atoms with Gasteiger partial charge in [-0.3, -0.25) is 4.79 Å². The second kappa shape index (κ2) is 5.57. The van der Waals surface area contributed by atoms with Gasteiger partial charge in [-0.2, -0.15) is 0 Å². The average Bonchev–Trinajstić information content (AvgIpc) is 2.79. The summed E-state index contributed by atoms with van der Waals surface area (Å²) < 4.78 is 5.36. The zero-order valence-electron chi connectivity index (χ0n) is 10.6. The molecular formula is C14H14BrNO3. The smallest absolute Gasteiger partial charge is 0.337 e. The van der Waals surface area contributed by atoms with E-state index in [9.17, 15) is 9.59 Å². The van der Waals surface area contributed by atoms with Crippen LogP contribution in [0.3, 0.4) is 0 Å². The number of anilines is 1. The standard InChI is InChI=1S/C14H14BrNO3/c1-3-9-6-13(17)16(8-9)12-5-4-10(7-11(12)15)14(18)19-2/h3-5,7,9H,1,6,8H2,2H3. The van der Waals surface area contributed by atoms with Crippen LogP contribution in [0.15, 0.2) is 35.3 Å². The van der Waals surface area contributed by atoms with Crippen molar-refractivity contribution in [1.82, 2.24) is 0 Å². The second-order valence-electron chi connectivity index (χ2n) is 4.36. The first-order chi connectivity index (χ1) is 9.06. The third-order valence-corrected chi connectivity index (χ3v) is 3.78. The fourth-order valence-electron chi connectivity index (χ4n) is 2.10. The molecule has 1 aromatic rings. The topological polar surface area (TPSA) is 46.6 Å². The minimum absolute atomic E-state index is 0.0661. The molecule has 19 heavy (non-hydrogen) atoms. The third kappa shape index (κ3) is 2.71. The van der Waals surface area contributed by atoms with Gasteiger partial charge in [0.2, 0.25) is 5.91 Å². The van der Waals surface area contributed by atoms with Crippen LogP contribution in [0.2, 0.25) is 0 Å². The number of halogens is 1. The summed E-state index contributed by atoms with van der Waals surface area (Å²) in [5.74, 6) is -0.153. The average molecular weight is 324 g/mol. The molecule has 0 bridgehead atoms. The number of amides is 1. The van der Waals surface area contributed by atoms with Crippen molar-refractivity contribution in [3.8, 4) is 0 Å². The minimum Gasteiger partial charge on any atom is -0.465 e. The lowest BCUT2D eigenvalue weighted by atomic mass is 10.1. The van der Waals surface area contributed by atoms with Gasteiger partial charge < -0.3 is 9.64 Å². The van der Waals surface area contributed by atoms with Crippen molar-refractivity contribution in [3.05, 3.63) is 40.9 Å². The second-order valence-corrected chi connectivity index (χ2v) is 5.22. The Morgan fingerprint density at radius 2 is 2.32 bits per heavy atom. The number of rotatable bonds is 3. The zero-order chi connectivity index (χ0) is 14.0. The van der Waals surface area contributed by atoms with Crippen LogP contribution in [0.5, 0.6) is 0 Å². The fourth-order valence-corrected chi connectivity index (χ4v) is 2.69. The van der Waals surface area contributed by atoms with Crippen LogP contribution >= 0.6 is 15.9 Å². The van der Waals surface area contributed by atoms with E-state index in [0.717, 1.165) is 5.69 Å². The largest absolute Gasteiger partial charge is 0.465 e. The quantitative estimate of drug-likeness (QED) is 0.634. The molecule has 2 rings (SSSR count). The number of nitrogens with zero attached hydrogens (tertiary/aromatic N) is 1. The van der Waals surface area contributed by atoms with E-state index in [2.05, 4.69) is 27.2 Å². The van der Waals surface area contributed by atoms with E-state index in [0.29, 0.717) is 23.0 Å². The van der Waals surface area contributed by atoms with Crippen LogP contribution in [-0.4, -0.2) is 25.5 Å². The molecule has 4 nitrogen and oxygen atoms in total. The molecule has 0 N–H and O–H groups in total. The van der Waals surface area contributed by atoms with Gasteiger partial charge in [-0.1, -0.05) is 6.08 Å². The van der Waals surface area contributed by atoms with E-state index in [4.69, 9.17) is 0 Å². The molecule has 0 saturated carbocycles. The third-order valence-electron chi connectivity index (χ3n) is 3.15. The summed E-state index contributed by atoms with van der Waals surface area (Å²) in [4.78, 5) is 25.1. The Morgan fingerprint density at radius 1 is 1.58 bits per heavy atom. The lowest BCUT2D eigenvalue weighted by Gasteiger charge is -2.18. The van der Waals surface area contributed by atoms with Crippen molar-refractivity contribution >= 4 is 33.5 Å². The highest BCUT2D eigenvalue weighted by Gasteiger charge is 2.29. The highest BCUT2D eigenvalue weighted by atomic mass is 79.9. The molecule has 5 heteroatoms. The maximum Gasteiger partial charge on any atom is 0.337 e. The van der Waals surface area contributed by atoms with Gasteiger partial charge in [-0.05, 0) is 34.1 Å². The normalized spacial score (nSPS) is 18.5. The van der Waals surface area contributed by atoms with Crippen molar-refractivity contribution in [1.29, 1.82) is 0 Å². The van der Waals surface area contributed by atoms with Gasteiger partial charge in [0.1, 0.15) is 0 Å². The molecule has 1 saturated heterocycles. The van der Waals surface area contributed by atoms with E-state index < -0.39 is 5.97 Å². The number of carbonyl (C=O) groups is 2. The molecule has 0 spiro atoms. The van der Waals surface area contributed by atoms with E-state index in [1.165, 1.54) is 7.11 Å². The summed E-state index contributed by atoms with van der Waals surface area (Å²) in [5, 5.41) is 0. The molecule has 100 valence electrons. The van der Waals surface area contributed by atoms with Crippen molar-refractivity contribution in [3.63, 3.8) is 0 Å². The number of hydrogen-bond acceptors (Lipinski definition) is 3. The Labute approximate surface area is 120 Å². The number of hydrogen-bond donors (Lipinski definition) is 0. The summed E-state index contributed by atoms with van der Waals surface area (Å²) in [6, 6.07) is 5.07. The minimum atomic E-state index is -0.399. The fraction of sp³-hybridized carbons (Fsp3) is 0.286. The van der Waals surface area contributed by atoms with Gasteiger partial charge in [-0.25, -0.2) is 4.79 Å². The Kier molecular flexibility index (Phi) is 4.04. The van der Waals surface area contributed by atoms with E-state index in [-0.39, 0.29) is 11.8 Å². The summed E-state index contributed by atoms with van der Waals surface area (Å²) in [6.45, 7) is 4.35. The Hall–Kier alpha value is -1.62. The monoisotopic (exact) mass is 323 g/mol. The molecule has 1 aliphatic heterocycles. The summed E-state index contributed by atoms with van der Waals surface area (Å²) in [6.07, 6.45) is 2.28. The molecule has 1 fully saturated rings. The molecule has 1 amide bonds. The first kappa shape index (κ1) is 13.8. The van der Waals surface area contributed by atoms with Crippen LogP contribution < -0.4 is 4.90 Å². The van der Waals surface area contributed by atoms with Crippen LogP contribution in [0.1, 0.15) is 16.8 Å². The highest BCUT2D eigenvalue weighted by molar-refractivity contribution is 9.10. The maximum atomic E-state index is 11.9. The first-order valence-corrected chi connectivity index (χ1v) is 6.67. The van der Waals surface area contributed by atoms with Crippen LogP contribution in [0.4, 0.5) is 5.69 Å². The molecule has 0 aliphatic carbocycles. The molecule has 1 aromatic carbocycles. The van der Waals surface area contributed by atoms with Gasteiger partial charge >= 0.3 is 5.97 Å². The summed E-state index contributed by atoms with van der Waals surface area (Å²) >= 11 is 3.40. The molecule has 1 heterocycles. The molecule has 1 aliphatic rings. The zero-order valence-corrected chi connectivity index (χ0v) is 12.1. The number of carbonyl (C=O) groups excluding carboxylic acids is 2. The van der Waals surface area contributed by atoms with Crippen molar-refractivity contribution in [2.24, 2.45) is 5.92 Å². The number of methoxy groups -OCH3 is 1. The van der Waals surface area contributed by atoms with Crippen LogP contribution in [-0.2, 0) is 9.53 Å². The molecule has 0 radical (unpaired) electrons. The predicted octanol–water partition coefficient (Wildman–Crippen LogP) is 2.77.